The Labute approximate surface area is 122 Å². The van der Waals surface area contributed by atoms with Crippen LogP contribution in [-0.2, 0) is 10.9 Å². The van der Waals surface area contributed by atoms with Crippen molar-refractivity contribution >= 4 is 17.6 Å². The molecule has 0 saturated heterocycles. The molecule has 0 saturated carbocycles. The van der Waals surface area contributed by atoms with Crippen molar-refractivity contribution in [1.29, 1.82) is 0 Å². The third kappa shape index (κ3) is 3.52. The van der Waals surface area contributed by atoms with Crippen molar-refractivity contribution in [3.05, 3.63) is 40.8 Å². The molecule has 9 heteroatoms. The van der Waals surface area contributed by atoms with Crippen molar-refractivity contribution < 1.29 is 22.7 Å². The standard InChI is InChI=1S/C12H9ClF3N3O2/c1-2-21-11(20)7-5-17-19(6-7)10-4-8(12(14,15)16)3-9(13)18-10/h3-6H,2H2,1H3. The number of rotatable bonds is 3. The maximum atomic E-state index is 12.7. The number of pyridine rings is 1. The topological polar surface area (TPSA) is 57.0 Å². The lowest BCUT2D eigenvalue weighted by atomic mass is 10.2. The van der Waals surface area contributed by atoms with E-state index in [2.05, 4.69) is 10.1 Å². The van der Waals surface area contributed by atoms with Gasteiger partial charge in [-0.2, -0.15) is 18.3 Å². The van der Waals surface area contributed by atoms with Crippen molar-refractivity contribution in [1.82, 2.24) is 14.8 Å². The molecule has 0 amide bonds. The van der Waals surface area contributed by atoms with E-state index in [-0.39, 0.29) is 23.1 Å². The van der Waals surface area contributed by atoms with Crippen LogP contribution in [0, 0.1) is 0 Å². The van der Waals surface area contributed by atoms with E-state index < -0.39 is 17.7 Å². The van der Waals surface area contributed by atoms with E-state index in [4.69, 9.17) is 16.3 Å². The lowest BCUT2D eigenvalue weighted by molar-refractivity contribution is -0.137. The highest BCUT2D eigenvalue weighted by Gasteiger charge is 2.31. The predicted octanol–water partition coefficient (Wildman–Crippen LogP) is 3.12. The summed E-state index contributed by atoms with van der Waals surface area (Å²) in [6.45, 7) is 1.81. The molecule has 0 aliphatic heterocycles. The maximum Gasteiger partial charge on any atom is 0.416 e. The highest BCUT2D eigenvalue weighted by Crippen LogP contribution is 2.31. The van der Waals surface area contributed by atoms with Crippen LogP contribution < -0.4 is 0 Å². The van der Waals surface area contributed by atoms with Crippen molar-refractivity contribution in [2.24, 2.45) is 0 Å². The van der Waals surface area contributed by atoms with Gasteiger partial charge in [-0.25, -0.2) is 14.5 Å². The molecule has 2 aromatic rings. The zero-order valence-corrected chi connectivity index (χ0v) is 11.4. The van der Waals surface area contributed by atoms with Crippen LogP contribution in [0.2, 0.25) is 5.15 Å². The first-order valence-corrected chi connectivity index (χ1v) is 6.16. The first-order valence-electron chi connectivity index (χ1n) is 5.78. The number of esters is 1. The van der Waals surface area contributed by atoms with E-state index in [1.54, 1.807) is 6.92 Å². The molecule has 0 aromatic carbocycles. The fourth-order valence-electron chi connectivity index (χ4n) is 1.53. The number of halogens is 4. The molecule has 5 nitrogen and oxygen atoms in total. The minimum atomic E-state index is -4.56. The van der Waals surface area contributed by atoms with E-state index >= 15 is 0 Å². The van der Waals surface area contributed by atoms with Gasteiger partial charge in [0, 0.05) is 6.20 Å². The molecule has 0 unspecified atom stereocenters. The summed E-state index contributed by atoms with van der Waals surface area (Å²) in [5, 5.41) is 3.46. The van der Waals surface area contributed by atoms with E-state index in [1.165, 1.54) is 12.4 Å². The fourth-order valence-corrected chi connectivity index (χ4v) is 1.74. The number of ether oxygens (including phenoxy) is 1. The van der Waals surface area contributed by atoms with Gasteiger partial charge in [0.15, 0.2) is 5.82 Å². The van der Waals surface area contributed by atoms with Crippen molar-refractivity contribution in [3.63, 3.8) is 0 Å². The molecule has 0 bridgehead atoms. The Kier molecular flexibility index (Phi) is 4.17. The molecule has 0 spiro atoms. The Hall–Kier alpha value is -2.09. The van der Waals surface area contributed by atoms with Crippen molar-refractivity contribution in [3.8, 4) is 5.82 Å². The summed E-state index contributed by atoms with van der Waals surface area (Å²) in [5.41, 5.74) is -0.849. The van der Waals surface area contributed by atoms with Gasteiger partial charge in [0.1, 0.15) is 5.15 Å². The Bertz CT molecular complexity index is 670. The average Bonchev–Trinajstić information content (AvgIpc) is 2.87. The van der Waals surface area contributed by atoms with E-state index in [0.29, 0.717) is 6.07 Å². The van der Waals surface area contributed by atoms with Gasteiger partial charge in [-0.1, -0.05) is 11.6 Å². The summed E-state index contributed by atoms with van der Waals surface area (Å²) in [4.78, 5) is 15.2. The summed E-state index contributed by atoms with van der Waals surface area (Å²) in [7, 11) is 0. The van der Waals surface area contributed by atoms with Crippen LogP contribution in [0.25, 0.3) is 5.82 Å². The van der Waals surface area contributed by atoms with Gasteiger partial charge in [0.2, 0.25) is 0 Å². The third-order valence-corrected chi connectivity index (χ3v) is 2.63. The van der Waals surface area contributed by atoms with E-state index in [9.17, 15) is 18.0 Å². The lowest BCUT2D eigenvalue weighted by Gasteiger charge is -2.09. The normalized spacial score (nSPS) is 11.5. The molecule has 0 aliphatic rings. The van der Waals surface area contributed by atoms with Crippen LogP contribution in [0.1, 0.15) is 22.8 Å². The van der Waals surface area contributed by atoms with Crippen molar-refractivity contribution in [2.45, 2.75) is 13.1 Å². The second kappa shape index (κ2) is 5.72. The average molecular weight is 320 g/mol. The molecule has 0 radical (unpaired) electrons. The highest BCUT2D eigenvalue weighted by atomic mass is 35.5. The van der Waals surface area contributed by atoms with E-state index in [1.807, 2.05) is 0 Å². The second-order valence-electron chi connectivity index (χ2n) is 3.93. The molecular weight excluding hydrogens is 311 g/mol. The molecule has 2 aromatic heterocycles. The molecule has 112 valence electrons. The first kappa shape index (κ1) is 15.3. The summed E-state index contributed by atoms with van der Waals surface area (Å²) in [6, 6.07) is 1.49. The van der Waals surface area contributed by atoms with Gasteiger partial charge in [-0.15, -0.1) is 0 Å². The fraction of sp³-hybridized carbons (Fsp3) is 0.250. The van der Waals surface area contributed by atoms with Gasteiger partial charge >= 0.3 is 12.1 Å². The van der Waals surface area contributed by atoms with Crippen LogP contribution in [0.4, 0.5) is 13.2 Å². The van der Waals surface area contributed by atoms with Crippen LogP contribution in [-0.4, -0.2) is 27.3 Å². The number of alkyl halides is 3. The molecule has 0 aliphatic carbocycles. The number of aromatic nitrogens is 3. The van der Waals surface area contributed by atoms with Gasteiger partial charge < -0.3 is 4.74 Å². The lowest BCUT2D eigenvalue weighted by Crippen LogP contribution is -2.08. The molecule has 2 heterocycles. The number of hydrogen-bond acceptors (Lipinski definition) is 4. The maximum absolute atomic E-state index is 12.7. The Morgan fingerprint density at radius 2 is 2.14 bits per heavy atom. The van der Waals surface area contributed by atoms with Crippen molar-refractivity contribution in [2.75, 3.05) is 6.61 Å². The monoisotopic (exact) mass is 319 g/mol. The third-order valence-electron chi connectivity index (χ3n) is 2.44. The van der Waals surface area contributed by atoms with Crippen LogP contribution in [0.3, 0.4) is 0 Å². The summed E-state index contributed by atoms with van der Waals surface area (Å²) < 4.78 is 43.9. The minimum absolute atomic E-state index is 0.104. The zero-order valence-electron chi connectivity index (χ0n) is 10.7. The zero-order chi connectivity index (χ0) is 15.6. The highest BCUT2D eigenvalue weighted by molar-refractivity contribution is 6.29. The molecule has 0 N–H and O–H groups in total. The summed E-state index contributed by atoms with van der Waals surface area (Å²) in [6.07, 6.45) is -2.16. The molecule has 2 rings (SSSR count). The van der Waals surface area contributed by atoms with Crippen LogP contribution in [0.15, 0.2) is 24.5 Å². The Morgan fingerprint density at radius 1 is 1.43 bits per heavy atom. The van der Waals surface area contributed by atoms with Gasteiger partial charge in [-0.3, -0.25) is 0 Å². The van der Waals surface area contributed by atoms with Gasteiger partial charge in [0.25, 0.3) is 0 Å². The molecule has 21 heavy (non-hydrogen) atoms. The smallest absolute Gasteiger partial charge is 0.416 e. The molecular formula is C12H9ClF3N3O2. The Morgan fingerprint density at radius 3 is 2.76 bits per heavy atom. The first-order chi connectivity index (χ1) is 9.81. The van der Waals surface area contributed by atoms with Crippen LogP contribution >= 0.6 is 11.6 Å². The van der Waals surface area contributed by atoms with Crippen LogP contribution in [0.5, 0.6) is 0 Å². The van der Waals surface area contributed by atoms with Gasteiger partial charge in [0.05, 0.1) is 23.9 Å². The second-order valence-corrected chi connectivity index (χ2v) is 4.32. The largest absolute Gasteiger partial charge is 0.462 e. The van der Waals surface area contributed by atoms with Gasteiger partial charge in [-0.05, 0) is 19.1 Å². The molecule has 0 fully saturated rings. The number of hydrogen-bond donors (Lipinski definition) is 0. The minimum Gasteiger partial charge on any atom is -0.462 e. The van der Waals surface area contributed by atoms with E-state index in [0.717, 1.165) is 10.7 Å². The predicted molar refractivity (Wildman–Crippen MR) is 67.3 cm³/mol. The number of carbonyl (C=O) groups excluding carboxylic acids is 1. The number of carbonyl (C=O) groups is 1. The Balaban J connectivity index is 2.39. The quantitative estimate of drug-likeness (QED) is 0.644. The SMILES string of the molecule is CCOC(=O)c1cnn(-c2cc(C(F)(F)F)cc(Cl)n2)c1. The summed E-state index contributed by atoms with van der Waals surface area (Å²) >= 11 is 5.58. The summed E-state index contributed by atoms with van der Waals surface area (Å²) in [5.74, 6) is -0.771. The molecule has 0 atom stereocenters. The number of nitrogens with zero attached hydrogens (tertiary/aromatic N) is 3.